The third-order valence-electron chi connectivity index (χ3n) is 4.29. The van der Waals surface area contributed by atoms with Crippen molar-refractivity contribution < 1.29 is 4.79 Å². The van der Waals surface area contributed by atoms with Gasteiger partial charge < -0.3 is 14.8 Å². The number of aromatic nitrogens is 4. The number of nitrogens with zero attached hydrogens (tertiary/aromatic N) is 5. The Morgan fingerprint density at radius 1 is 1.19 bits per heavy atom. The molecular formula is C19H24N6O. The first-order valence-electron chi connectivity index (χ1n) is 8.71. The Bertz CT molecular complexity index is 904. The largest absolute Gasteiger partial charge is 0.328 e. The number of rotatable bonds is 5. The van der Waals surface area contributed by atoms with E-state index in [-0.39, 0.29) is 18.1 Å². The van der Waals surface area contributed by atoms with Gasteiger partial charge in [0.25, 0.3) is 0 Å². The highest BCUT2D eigenvalue weighted by atomic mass is 16.2. The van der Waals surface area contributed by atoms with Gasteiger partial charge in [-0.05, 0) is 32.9 Å². The molecule has 2 aromatic heterocycles. The topological polar surface area (TPSA) is 75.9 Å². The fourth-order valence-electron chi connectivity index (χ4n) is 2.83. The molecule has 1 atom stereocenters. The molecule has 0 bridgehead atoms. The summed E-state index contributed by atoms with van der Waals surface area (Å²) in [6.07, 6.45) is 1.69. The highest BCUT2D eigenvalue weighted by Gasteiger charge is 2.19. The van der Waals surface area contributed by atoms with Gasteiger partial charge in [0.2, 0.25) is 0 Å². The van der Waals surface area contributed by atoms with Crippen molar-refractivity contribution in [3.8, 4) is 0 Å². The number of carbonyl (C=O) groups excluding carboxylic acids is 1. The number of pyridine rings is 1. The molecule has 3 rings (SSSR count). The molecule has 3 aromatic rings. The van der Waals surface area contributed by atoms with Crippen LogP contribution in [-0.4, -0.2) is 37.7 Å². The average molecular weight is 352 g/mol. The lowest BCUT2D eigenvalue weighted by Gasteiger charge is -2.22. The number of para-hydroxylation sites is 1. The van der Waals surface area contributed by atoms with E-state index in [0.29, 0.717) is 6.54 Å². The maximum atomic E-state index is 12.5. The van der Waals surface area contributed by atoms with E-state index in [2.05, 4.69) is 34.3 Å². The third-order valence-corrected chi connectivity index (χ3v) is 4.29. The second-order valence-electron chi connectivity index (χ2n) is 6.71. The molecule has 7 nitrogen and oxygen atoms in total. The van der Waals surface area contributed by atoms with Crippen LogP contribution in [0.5, 0.6) is 0 Å². The molecule has 0 aliphatic carbocycles. The normalized spacial score (nSPS) is 12.3. The van der Waals surface area contributed by atoms with Crippen LogP contribution < -0.4 is 5.32 Å². The van der Waals surface area contributed by atoms with Crippen LogP contribution in [-0.2, 0) is 6.54 Å². The zero-order valence-electron chi connectivity index (χ0n) is 15.5. The summed E-state index contributed by atoms with van der Waals surface area (Å²) in [5, 5.41) is 12.1. The number of hydrogen-bond donors (Lipinski definition) is 1. The first kappa shape index (κ1) is 17.8. The number of urea groups is 1. The van der Waals surface area contributed by atoms with Gasteiger partial charge in [-0.3, -0.25) is 4.98 Å². The molecule has 7 heteroatoms. The second-order valence-corrected chi connectivity index (χ2v) is 6.71. The number of fused-ring (bicyclic) bond motifs is 1. The molecular weight excluding hydrogens is 328 g/mol. The molecule has 1 aromatic carbocycles. The van der Waals surface area contributed by atoms with Crippen LogP contribution in [0.15, 0.2) is 42.7 Å². The van der Waals surface area contributed by atoms with Gasteiger partial charge in [-0.15, -0.1) is 10.2 Å². The molecule has 1 N–H and O–H groups in total. The van der Waals surface area contributed by atoms with Crippen LogP contribution >= 0.6 is 0 Å². The summed E-state index contributed by atoms with van der Waals surface area (Å²) in [7, 11) is 1.76. The smallest absolute Gasteiger partial charge is 0.318 e. The van der Waals surface area contributed by atoms with Crippen LogP contribution in [0.3, 0.4) is 0 Å². The molecule has 0 saturated heterocycles. The Labute approximate surface area is 153 Å². The quantitative estimate of drug-likeness (QED) is 0.764. The van der Waals surface area contributed by atoms with Crippen molar-refractivity contribution in [1.82, 2.24) is 30.0 Å². The monoisotopic (exact) mass is 352 g/mol. The summed E-state index contributed by atoms with van der Waals surface area (Å²) < 4.78 is 1.95. The molecule has 0 saturated carbocycles. The average Bonchev–Trinajstić information content (AvgIpc) is 3.11. The maximum absolute atomic E-state index is 12.5. The first-order chi connectivity index (χ1) is 12.5. The van der Waals surface area contributed by atoms with Gasteiger partial charge in [-0.2, -0.15) is 0 Å². The van der Waals surface area contributed by atoms with Crippen molar-refractivity contribution in [2.75, 3.05) is 7.05 Å². The molecule has 2 amide bonds. The van der Waals surface area contributed by atoms with Crippen LogP contribution in [0.25, 0.3) is 10.9 Å². The summed E-state index contributed by atoms with van der Waals surface area (Å²) in [5.41, 5.74) is 1.77. The van der Waals surface area contributed by atoms with E-state index in [1.807, 2.05) is 47.9 Å². The van der Waals surface area contributed by atoms with Gasteiger partial charge in [0.1, 0.15) is 6.33 Å². The summed E-state index contributed by atoms with van der Waals surface area (Å²) in [4.78, 5) is 18.8. The minimum absolute atomic E-state index is 0.175. The number of amides is 2. The fraction of sp³-hybridized carbons (Fsp3) is 0.368. The lowest BCUT2D eigenvalue weighted by Crippen LogP contribution is -2.39. The van der Waals surface area contributed by atoms with Crippen LogP contribution in [0.4, 0.5) is 4.79 Å². The Hall–Kier alpha value is -2.96. The molecule has 26 heavy (non-hydrogen) atoms. The van der Waals surface area contributed by atoms with Crippen molar-refractivity contribution in [2.24, 2.45) is 0 Å². The van der Waals surface area contributed by atoms with E-state index in [4.69, 9.17) is 0 Å². The predicted octanol–water partition coefficient (Wildman–Crippen LogP) is 3.31. The summed E-state index contributed by atoms with van der Waals surface area (Å²) in [6, 6.07) is 11.7. The standard InChI is InChI=1S/C19H24N6O/c1-13(2)25-12-20-23-18(25)14(3)21-19(26)24(4)11-16-10-9-15-7-5-6-8-17(15)22-16/h5-10,12-14H,11H2,1-4H3,(H,21,26)/t14-/m0/s1. The van der Waals surface area contributed by atoms with Crippen molar-refractivity contribution in [3.63, 3.8) is 0 Å². The zero-order chi connectivity index (χ0) is 18.7. The molecule has 0 spiro atoms. The molecule has 0 fully saturated rings. The molecule has 0 aliphatic heterocycles. The Kier molecular flexibility index (Phi) is 5.16. The zero-order valence-corrected chi connectivity index (χ0v) is 15.5. The molecule has 136 valence electrons. The molecule has 0 radical (unpaired) electrons. The van der Waals surface area contributed by atoms with E-state index in [9.17, 15) is 4.79 Å². The minimum atomic E-state index is -0.237. The SMILES string of the molecule is CC(C)n1cnnc1[C@H](C)NC(=O)N(C)Cc1ccc2ccccc2n1. The lowest BCUT2D eigenvalue weighted by atomic mass is 10.2. The number of nitrogens with one attached hydrogen (secondary N) is 1. The Morgan fingerprint density at radius 2 is 1.96 bits per heavy atom. The van der Waals surface area contributed by atoms with E-state index in [1.54, 1.807) is 18.3 Å². The number of carbonyl (C=O) groups is 1. The first-order valence-corrected chi connectivity index (χ1v) is 8.71. The van der Waals surface area contributed by atoms with Crippen LogP contribution in [0.1, 0.15) is 44.4 Å². The minimum Gasteiger partial charge on any atom is -0.328 e. The number of hydrogen-bond acceptors (Lipinski definition) is 4. The maximum Gasteiger partial charge on any atom is 0.318 e. The van der Waals surface area contributed by atoms with Crippen molar-refractivity contribution >= 4 is 16.9 Å². The van der Waals surface area contributed by atoms with Gasteiger partial charge in [-0.25, -0.2) is 4.79 Å². The summed E-state index contributed by atoms with van der Waals surface area (Å²) in [6.45, 7) is 6.45. The fourth-order valence-corrected chi connectivity index (χ4v) is 2.83. The summed E-state index contributed by atoms with van der Waals surface area (Å²) in [5.74, 6) is 0.741. The van der Waals surface area contributed by atoms with Gasteiger partial charge in [-0.1, -0.05) is 24.3 Å². The van der Waals surface area contributed by atoms with E-state index >= 15 is 0 Å². The molecule has 0 unspecified atom stereocenters. The van der Waals surface area contributed by atoms with Gasteiger partial charge in [0, 0.05) is 18.5 Å². The van der Waals surface area contributed by atoms with Crippen molar-refractivity contribution in [2.45, 2.75) is 39.4 Å². The molecule has 0 aliphatic rings. The van der Waals surface area contributed by atoms with Crippen molar-refractivity contribution in [1.29, 1.82) is 0 Å². The van der Waals surface area contributed by atoms with Crippen LogP contribution in [0, 0.1) is 0 Å². The van der Waals surface area contributed by atoms with E-state index in [1.165, 1.54) is 0 Å². The highest BCUT2D eigenvalue weighted by Crippen LogP contribution is 2.15. The number of benzene rings is 1. The Morgan fingerprint density at radius 3 is 2.73 bits per heavy atom. The van der Waals surface area contributed by atoms with Crippen LogP contribution in [0.2, 0.25) is 0 Å². The lowest BCUT2D eigenvalue weighted by molar-refractivity contribution is 0.202. The van der Waals surface area contributed by atoms with Crippen molar-refractivity contribution in [3.05, 3.63) is 54.2 Å². The summed E-state index contributed by atoms with van der Waals surface area (Å²) >= 11 is 0. The van der Waals surface area contributed by atoms with Gasteiger partial charge in [0.15, 0.2) is 5.82 Å². The van der Waals surface area contributed by atoms with E-state index in [0.717, 1.165) is 22.4 Å². The third kappa shape index (κ3) is 3.82. The second kappa shape index (κ2) is 7.51. The van der Waals surface area contributed by atoms with Gasteiger partial charge >= 0.3 is 6.03 Å². The highest BCUT2D eigenvalue weighted by molar-refractivity contribution is 5.78. The molecule has 2 heterocycles. The Balaban J connectivity index is 1.66. The van der Waals surface area contributed by atoms with E-state index < -0.39 is 0 Å². The van der Waals surface area contributed by atoms with Gasteiger partial charge in [0.05, 0.1) is 23.8 Å². The predicted molar refractivity (Wildman–Crippen MR) is 101 cm³/mol.